The molecule has 0 saturated carbocycles. The summed E-state index contributed by atoms with van der Waals surface area (Å²) in [7, 11) is 0. The molecular weight excluding hydrogens is 200 g/mol. The van der Waals surface area contributed by atoms with Gasteiger partial charge in [0, 0.05) is 18.2 Å². The van der Waals surface area contributed by atoms with E-state index in [4.69, 9.17) is 5.73 Å². The van der Waals surface area contributed by atoms with Crippen molar-refractivity contribution >= 4 is 5.91 Å². The van der Waals surface area contributed by atoms with Crippen LogP contribution in [0.15, 0.2) is 36.4 Å². The molecule has 0 atom stereocenters. The van der Waals surface area contributed by atoms with Gasteiger partial charge in [-0.1, -0.05) is 24.3 Å². The number of primary amides is 1. The second-order valence-corrected chi connectivity index (χ2v) is 4.09. The highest BCUT2D eigenvalue weighted by Crippen LogP contribution is 2.11. The van der Waals surface area contributed by atoms with Crippen LogP contribution in [0.2, 0.25) is 0 Å². The summed E-state index contributed by atoms with van der Waals surface area (Å²) in [5.41, 5.74) is 6.90. The largest absolute Gasteiger partial charge is 0.366 e. The lowest BCUT2D eigenvalue weighted by atomic mass is 10.1. The lowest BCUT2D eigenvalue weighted by Crippen LogP contribution is -2.25. The molecule has 3 heteroatoms. The van der Waals surface area contributed by atoms with Crippen LogP contribution in [0.3, 0.4) is 0 Å². The number of amides is 1. The zero-order valence-electron chi connectivity index (χ0n) is 9.15. The SMILES string of the molecule is NC(=O)c1cccc(CNC2CC=CC2)c1. The predicted octanol–water partition coefficient (Wildman–Crippen LogP) is 1.59. The molecule has 3 N–H and O–H groups in total. The van der Waals surface area contributed by atoms with Crippen molar-refractivity contribution in [3.05, 3.63) is 47.5 Å². The molecule has 0 aliphatic heterocycles. The van der Waals surface area contributed by atoms with Crippen molar-refractivity contribution in [2.75, 3.05) is 0 Å². The van der Waals surface area contributed by atoms with E-state index in [2.05, 4.69) is 17.5 Å². The van der Waals surface area contributed by atoms with Crippen LogP contribution < -0.4 is 11.1 Å². The Bertz CT molecular complexity index is 404. The Hall–Kier alpha value is -1.61. The highest BCUT2D eigenvalue weighted by molar-refractivity contribution is 5.92. The van der Waals surface area contributed by atoms with E-state index in [1.807, 2.05) is 18.2 Å². The lowest BCUT2D eigenvalue weighted by Gasteiger charge is -2.12. The molecule has 16 heavy (non-hydrogen) atoms. The highest BCUT2D eigenvalue weighted by atomic mass is 16.1. The van der Waals surface area contributed by atoms with Crippen molar-refractivity contribution in [3.63, 3.8) is 0 Å². The maximum atomic E-state index is 11.0. The van der Waals surface area contributed by atoms with Gasteiger partial charge in [0.05, 0.1) is 0 Å². The van der Waals surface area contributed by atoms with Gasteiger partial charge in [0.1, 0.15) is 0 Å². The Morgan fingerprint density at radius 1 is 1.38 bits per heavy atom. The van der Waals surface area contributed by atoms with Crippen molar-refractivity contribution in [2.24, 2.45) is 5.73 Å². The van der Waals surface area contributed by atoms with Crippen LogP contribution >= 0.6 is 0 Å². The number of hydrogen-bond acceptors (Lipinski definition) is 2. The van der Waals surface area contributed by atoms with Crippen LogP contribution in [-0.2, 0) is 6.54 Å². The Morgan fingerprint density at radius 2 is 2.12 bits per heavy atom. The van der Waals surface area contributed by atoms with Gasteiger partial charge >= 0.3 is 0 Å². The second kappa shape index (κ2) is 4.94. The number of carbonyl (C=O) groups excluding carboxylic acids is 1. The monoisotopic (exact) mass is 216 g/mol. The Kier molecular flexibility index (Phi) is 3.37. The first kappa shape index (κ1) is 10.9. The molecule has 1 amide bonds. The van der Waals surface area contributed by atoms with Gasteiger partial charge in [0.25, 0.3) is 0 Å². The third kappa shape index (κ3) is 2.70. The summed E-state index contributed by atoms with van der Waals surface area (Å²) in [5.74, 6) is -0.371. The molecule has 1 aliphatic rings. The molecule has 0 aromatic heterocycles. The lowest BCUT2D eigenvalue weighted by molar-refractivity contribution is 0.1000. The molecule has 1 aromatic carbocycles. The van der Waals surface area contributed by atoms with Gasteiger partial charge in [0.2, 0.25) is 5.91 Å². The average molecular weight is 216 g/mol. The molecule has 0 unspecified atom stereocenters. The zero-order valence-corrected chi connectivity index (χ0v) is 9.15. The van der Waals surface area contributed by atoms with Crippen LogP contribution in [0.1, 0.15) is 28.8 Å². The molecule has 0 bridgehead atoms. The first-order valence-electron chi connectivity index (χ1n) is 5.53. The van der Waals surface area contributed by atoms with Crippen LogP contribution in [0.4, 0.5) is 0 Å². The molecule has 0 fully saturated rings. The molecule has 2 rings (SSSR count). The summed E-state index contributed by atoms with van der Waals surface area (Å²) in [6.07, 6.45) is 6.57. The van der Waals surface area contributed by atoms with Gasteiger partial charge in [-0.2, -0.15) is 0 Å². The van der Waals surface area contributed by atoms with Crippen molar-refractivity contribution in [3.8, 4) is 0 Å². The minimum Gasteiger partial charge on any atom is -0.366 e. The fourth-order valence-electron chi connectivity index (χ4n) is 1.88. The molecule has 0 spiro atoms. The highest BCUT2D eigenvalue weighted by Gasteiger charge is 2.09. The van der Waals surface area contributed by atoms with Crippen molar-refractivity contribution < 1.29 is 4.79 Å². The standard InChI is InChI=1S/C13H16N2O/c14-13(16)11-5-3-4-10(8-11)9-15-12-6-1-2-7-12/h1-5,8,12,15H,6-7,9H2,(H2,14,16). The van der Waals surface area contributed by atoms with Crippen LogP contribution in [0.5, 0.6) is 0 Å². The quantitative estimate of drug-likeness (QED) is 0.751. The van der Waals surface area contributed by atoms with Crippen LogP contribution in [0.25, 0.3) is 0 Å². The summed E-state index contributed by atoms with van der Waals surface area (Å²) in [6, 6.07) is 7.99. The topological polar surface area (TPSA) is 55.1 Å². The number of nitrogens with two attached hydrogens (primary N) is 1. The fraction of sp³-hybridized carbons (Fsp3) is 0.308. The zero-order chi connectivity index (χ0) is 11.4. The Morgan fingerprint density at radius 3 is 2.81 bits per heavy atom. The third-order valence-corrected chi connectivity index (χ3v) is 2.81. The third-order valence-electron chi connectivity index (χ3n) is 2.81. The molecule has 3 nitrogen and oxygen atoms in total. The maximum Gasteiger partial charge on any atom is 0.248 e. The molecule has 84 valence electrons. The summed E-state index contributed by atoms with van der Waals surface area (Å²) >= 11 is 0. The maximum absolute atomic E-state index is 11.0. The Balaban J connectivity index is 1.93. The van der Waals surface area contributed by atoms with E-state index < -0.39 is 0 Å². The summed E-state index contributed by atoms with van der Waals surface area (Å²) in [6.45, 7) is 0.785. The fourth-order valence-corrected chi connectivity index (χ4v) is 1.88. The summed E-state index contributed by atoms with van der Waals surface area (Å²) in [5, 5.41) is 3.45. The molecular formula is C13H16N2O. The van der Waals surface area contributed by atoms with Gasteiger partial charge in [-0.15, -0.1) is 0 Å². The van der Waals surface area contributed by atoms with Crippen LogP contribution in [-0.4, -0.2) is 11.9 Å². The normalized spacial score (nSPS) is 15.5. The molecule has 0 saturated heterocycles. The van der Waals surface area contributed by atoms with Gasteiger partial charge in [-0.3, -0.25) is 4.79 Å². The van der Waals surface area contributed by atoms with Crippen LogP contribution in [0, 0.1) is 0 Å². The first-order chi connectivity index (χ1) is 7.75. The van der Waals surface area contributed by atoms with E-state index in [-0.39, 0.29) is 5.91 Å². The van der Waals surface area contributed by atoms with Gasteiger partial charge in [-0.25, -0.2) is 0 Å². The summed E-state index contributed by atoms with van der Waals surface area (Å²) < 4.78 is 0. The molecule has 0 radical (unpaired) electrons. The smallest absolute Gasteiger partial charge is 0.248 e. The van der Waals surface area contributed by atoms with Crippen molar-refractivity contribution in [1.82, 2.24) is 5.32 Å². The Labute approximate surface area is 95.3 Å². The van der Waals surface area contributed by atoms with E-state index in [9.17, 15) is 4.79 Å². The second-order valence-electron chi connectivity index (χ2n) is 4.09. The van der Waals surface area contributed by atoms with E-state index in [1.165, 1.54) is 0 Å². The molecule has 0 heterocycles. The number of hydrogen-bond donors (Lipinski definition) is 2. The molecule has 1 aliphatic carbocycles. The number of rotatable bonds is 4. The van der Waals surface area contributed by atoms with E-state index >= 15 is 0 Å². The first-order valence-corrected chi connectivity index (χ1v) is 5.53. The van der Waals surface area contributed by atoms with Crippen molar-refractivity contribution in [1.29, 1.82) is 0 Å². The minimum absolute atomic E-state index is 0.371. The van der Waals surface area contributed by atoms with Gasteiger partial charge in [0.15, 0.2) is 0 Å². The van der Waals surface area contributed by atoms with E-state index in [0.717, 1.165) is 24.9 Å². The van der Waals surface area contributed by atoms with E-state index in [1.54, 1.807) is 6.07 Å². The minimum atomic E-state index is -0.371. The van der Waals surface area contributed by atoms with Crippen molar-refractivity contribution in [2.45, 2.75) is 25.4 Å². The predicted molar refractivity (Wildman–Crippen MR) is 64.0 cm³/mol. The van der Waals surface area contributed by atoms with Gasteiger partial charge in [-0.05, 0) is 30.5 Å². The number of benzene rings is 1. The average Bonchev–Trinajstić information content (AvgIpc) is 2.79. The summed E-state index contributed by atoms with van der Waals surface area (Å²) in [4.78, 5) is 11.0. The number of nitrogens with one attached hydrogen (secondary N) is 1. The van der Waals surface area contributed by atoms with Gasteiger partial charge < -0.3 is 11.1 Å². The number of carbonyl (C=O) groups is 1. The molecule has 1 aromatic rings. The van der Waals surface area contributed by atoms with E-state index in [0.29, 0.717) is 11.6 Å².